The van der Waals surface area contributed by atoms with Crippen molar-refractivity contribution in [3.8, 4) is 0 Å². The Morgan fingerprint density at radius 2 is 1.54 bits per heavy atom. The molecule has 0 saturated heterocycles. The average Bonchev–Trinajstić information content (AvgIpc) is 2.73. The quantitative estimate of drug-likeness (QED) is 0.581. The minimum atomic E-state index is -0.334. The number of benzene rings is 3. The summed E-state index contributed by atoms with van der Waals surface area (Å²) in [6.45, 7) is 0. The van der Waals surface area contributed by atoms with Crippen LogP contribution in [0.3, 0.4) is 0 Å². The molecular weight excluding hydrogens is 416 g/mol. The number of nitrogens with one attached hydrogen (secondary N) is 1. The number of hydrogen-bond donors (Lipinski definition) is 1. The summed E-state index contributed by atoms with van der Waals surface area (Å²) in [5.41, 5.74) is 2.22. The molecule has 0 spiro atoms. The lowest BCUT2D eigenvalue weighted by Crippen LogP contribution is -2.36. The molecule has 3 aromatic carbocycles. The largest absolute Gasteiger partial charge is 0.317 e. The number of halogens is 1. The molecule has 0 atom stereocenters. The number of nitrogens with zero attached hydrogens (tertiary/aromatic N) is 1. The standard InChI is InChI=1S/C23H19BrN2O2/c1-26(20-14-8-13-19(24)16-20)23(28)21(15-17-9-4-2-5-10-17)25-22(27)18-11-6-3-7-12-18/h2-16H,1H3,(H,25,27)/b21-15-. The highest BCUT2D eigenvalue weighted by atomic mass is 79.9. The second kappa shape index (κ2) is 9.15. The first-order valence-electron chi connectivity index (χ1n) is 8.71. The molecule has 0 bridgehead atoms. The lowest BCUT2D eigenvalue weighted by atomic mass is 10.1. The first-order chi connectivity index (χ1) is 13.5. The number of likely N-dealkylation sites (N-methyl/N-ethyl adjacent to an activating group) is 1. The molecule has 0 heterocycles. The van der Waals surface area contributed by atoms with Crippen molar-refractivity contribution < 1.29 is 9.59 Å². The zero-order chi connectivity index (χ0) is 19.9. The summed E-state index contributed by atoms with van der Waals surface area (Å²) in [5.74, 6) is -0.648. The number of amides is 2. The number of hydrogen-bond acceptors (Lipinski definition) is 2. The lowest BCUT2D eigenvalue weighted by Gasteiger charge is -2.20. The van der Waals surface area contributed by atoms with Gasteiger partial charge in [-0.15, -0.1) is 0 Å². The third-order valence-corrected chi connectivity index (χ3v) is 4.62. The maximum absolute atomic E-state index is 13.2. The van der Waals surface area contributed by atoms with Crippen molar-refractivity contribution in [2.45, 2.75) is 0 Å². The van der Waals surface area contributed by atoms with E-state index in [0.717, 1.165) is 10.0 Å². The second-order valence-electron chi connectivity index (χ2n) is 6.13. The number of anilines is 1. The van der Waals surface area contributed by atoms with Crippen LogP contribution in [0.4, 0.5) is 5.69 Å². The zero-order valence-electron chi connectivity index (χ0n) is 15.3. The second-order valence-corrected chi connectivity index (χ2v) is 7.05. The summed E-state index contributed by atoms with van der Waals surface area (Å²) in [7, 11) is 1.68. The van der Waals surface area contributed by atoms with Crippen molar-refractivity contribution in [1.29, 1.82) is 0 Å². The molecule has 2 amide bonds. The van der Waals surface area contributed by atoms with Crippen molar-refractivity contribution in [2.24, 2.45) is 0 Å². The number of rotatable bonds is 5. The van der Waals surface area contributed by atoms with Crippen molar-refractivity contribution in [1.82, 2.24) is 5.32 Å². The smallest absolute Gasteiger partial charge is 0.274 e. The Morgan fingerprint density at radius 1 is 0.893 bits per heavy atom. The van der Waals surface area contributed by atoms with Crippen LogP contribution in [-0.2, 0) is 4.79 Å². The summed E-state index contributed by atoms with van der Waals surface area (Å²) in [5, 5.41) is 2.77. The number of carbonyl (C=O) groups is 2. The Labute approximate surface area is 172 Å². The van der Waals surface area contributed by atoms with Gasteiger partial charge in [-0.3, -0.25) is 9.59 Å². The highest BCUT2D eigenvalue weighted by molar-refractivity contribution is 9.10. The Morgan fingerprint density at radius 3 is 2.18 bits per heavy atom. The Kier molecular flexibility index (Phi) is 6.40. The Balaban J connectivity index is 1.92. The molecule has 0 radical (unpaired) electrons. The molecule has 0 aromatic heterocycles. The van der Waals surface area contributed by atoms with Crippen LogP contribution in [0.2, 0.25) is 0 Å². The van der Waals surface area contributed by atoms with Gasteiger partial charge in [-0.25, -0.2) is 0 Å². The van der Waals surface area contributed by atoms with E-state index in [1.165, 1.54) is 4.90 Å². The summed E-state index contributed by atoms with van der Waals surface area (Å²) in [4.78, 5) is 27.3. The molecule has 0 fully saturated rings. The molecule has 3 aromatic rings. The van der Waals surface area contributed by atoms with Gasteiger partial charge in [0.1, 0.15) is 5.70 Å². The van der Waals surface area contributed by atoms with Gasteiger partial charge >= 0.3 is 0 Å². The van der Waals surface area contributed by atoms with Crippen LogP contribution in [0.1, 0.15) is 15.9 Å². The van der Waals surface area contributed by atoms with Crippen LogP contribution in [0.25, 0.3) is 6.08 Å². The van der Waals surface area contributed by atoms with Gasteiger partial charge in [0.25, 0.3) is 11.8 Å². The van der Waals surface area contributed by atoms with E-state index in [2.05, 4.69) is 21.2 Å². The fourth-order valence-electron chi connectivity index (χ4n) is 2.63. The maximum atomic E-state index is 13.2. The van der Waals surface area contributed by atoms with Crippen molar-refractivity contribution in [3.05, 3.63) is 106 Å². The SMILES string of the molecule is CN(C(=O)/C(=C/c1ccccc1)NC(=O)c1ccccc1)c1cccc(Br)c1. The normalized spacial score (nSPS) is 11.0. The van der Waals surface area contributed by atoms with E-state index in [1.54, 1.807) is 37.4 Å². The highest BCUT2D eigenvalue weighted by Crippen LogP contribution is 2.20. The fraction of sp³-hybridized carbons (Fsp3) is 0.0435. The molecule has 0 aliphatic heterocycles. The third-order valence-electron chi connectivity index (χ3n) is 4.13. The van der Waals surface area contributed by atoms with Crippen LogP contribution in [0.15, 0.2) is 95.1 Å². The Bertz CT molecular complexity index is 1000. The summed E-state index contributed by atoms with van der Waals surface area (Å²) < 4.78 is 0.867. The summed E-state index contributed by atoms with van der Waals surface area (Å²) in [6.07, 6.45) is 1.68. The topological polar surface area (TPSA) is 49.4 Å². The molecule has 0 aliphatic carbocycles. The van der Waals surface area contributed by atoms with Crippen LogP contribution >= 0.6 is 15.9 Å². The first kappa shape index (κ1) is 19.6. The van der Waals surface area contributed by atoms with Gasteiger partial charge in [0.15, 0.2) is 0 Å². The third kappa shape index (κ3) is 4.96. The maximum Gasteiger partial charge on any atom is 0.274 e. The van der Waals surface area contributed by atoms with E-state index in [1.807, 2.05) is 60.7 Å². The first-order valence-corrected chi connectivity index (χ1v) is 9.50. The van der Waals surface area contributed by atoms with Crippen molar-refractivity contribution in [2.75, 3.05) is 11.9 Å². The van der Waals surface area contributed by atoms with Crippen LogP contribution in [-0.4, -0.2) is 18.9 Å². The average molecular weight is 435 g/mol. The Hall–Kier alpha value is -3.18. The van der Waals surface area contributed by atoms with E-state index >= 15 is 0 Å². The molecule has 0 aliphatic rings. The van der Waals surface area contributed by atoms with Crippen molar-refractivity contribution >= 4 is 39.5 Å². The van der Waals surface area contributed by atoms with Gasteiger partial charge < -0.3 is 10.2 Å². The van der Waals surface area contributed by atoms with Gasteiger partial charge in [0.2, 0.25) is 0 Å². The van der Waals surface area contributed by atoms with Crippen LogP contribution in [0.5, 0.6) is 0 Å². The summed E-state index contributed by atoms with van der Waals surface area (Å²) in [6, 6.07) is 25.6. The van der Waals surface area contributed by atoms with E-state index in [4.69, 9.17) is 0 Å². The van der Waals surface area contributed by atoms with E-state index in [0.29, 0.717) is 11.3 Å². The molecule has 140 valence electrons. The molecule has 5 heteroatoms. The predicted octanol–water partition coefficient (Wildman–Crippen LogP) is 4.88. The van der Waals surface area contributed by atoms with Gasteiger partial charge in [-0.2, -0.15) is 0 Å². The molecule has 0 unspecified atom stereocenters. The molecule has 0 saturated carbocycles. The molecule has 1 N–H and O–H groups in total. The van der Waals surface area contributed by atoms with Gasteiger partial charge in [-0.05, 0) is 42.0 Å². The molecular formula is C23H19BrN2O2. The van der Waals surface area contributed by atoms with Crippen molar-refractivity contribution in [3.63, 3.8) is 0 Å². The van der Waals surface area contributed by atoms with Gasteiger partial charge in [-0.1, -0.05) is 70.5 Å². The number of carbonyl (C=O) groups excluding carboxylic acids is 2. The lowest BCUT2D eigenvalue weighted by molar-refractivity contribution is -0.115. The van der Waals surface area contributed by atoms with Gasteiger partial charge in [0, 0.05) is 22.8 Å². The van der Waals surface area contributed by atoms with Crippen LogP contribution in [0, 0.1) is 0 Å². The monoisotopic (exact) mass is 434 g/mol. The fourth-order valence-corrected chi connectivity index (χ4v) is 3.02. The summed E-state index contributed by atoms with van der Waals surface area (Å²) >= 11 is 3.42. The van der Waals surface area contributed by atoms with E-state index in [9.17, 15) is 9.59 Å². The molecule has 4 nitrogen and oxygen atoms in total. The zero-order valence-corrected chi connectivity index (χ0v) is 16.9. The van der Waals surface area contributed by atoms with Gasteiger partial charge in [0.05, 0.1) is 0 Å². The predicted molar refractivity (Wildman–Crippen MR) is 116 cm³/mol. The van der Waals surface area contributed by atoms with Crippen LogP contribution < -0.4 is 10.2 Å². The van der Waals surface area contributed by atoms with E-state index in [-0.39, 0.29) is 17.5 Å². The van der Waals surface area contributed by atoms with E-state index < -0.39 is 0 Å². The minimum Gasteiger partial charge on any atom is -0.317 e. The minimum absolute atomic E-state index is 0.197. The molecule has 3 rings (SSSR count). The highest BCUT2D eigenvalue weighted by Gasteiger charge is 2.19. The molecule has 28 heavy (non-hydrogen) atoms.